The average Bonchev–Trinajstić information content (AvgIpc) is 2.54. The molecule has 0 aliphatic heterocycles. The molecule has 0 fully saturated rings. The van der Waals surface area contributed by atoms with Crippen LogP contribution in [0.1, 0.15) is 50.7 Å². The zero-order chi connectivity index (χ0) is 15.7. The van der Waals surface area contributed by atoms with E-state index >= 15 is 0 Å². The van der Waals surface area contributed by atoms with Crippen molar-refractivity contribution in [1.82, 2.24) is 0 Å². The second-order valence-corrected chi connectivity index (χ2v) is 5.80. The summed E-state index contributed by atoms with van der Waals surface area (Å²) in [5.74, 6) is 2.99. The van der Waals surface area contributed by atoms with E-state index in [2.05, 4.69) is 13.8 Å². The van der Waals surface area contributed by atoms with E-state index in [9.17, 15) is 0 Å². The van der Waals surface area contributed by atoms with Gasteiger partial charge >= 0.3 is 0 Å². The van der Waals surface area contributed by atoms with Crippen molar-refractivity contribution >= 4 is 23.2 Å². The van der Waals surface area contributed by atoms with Crippen molar-refractivity contribution < 1.29 is 9.47 Å². The number of hydrogen-bond donors (Lipinski definition) is 0. The summed E-state index contributed by atoms with van der Waals surface area (Å²) in [5.41, 5.74) is 1.89. The highest BCUT2D eigenvalue weighted by Gasteiger charge is 2.13. The van der Waals surface area contributed by atoms with E-state index in [0.29, 0.717) is 17.7 Å². The van der Waals surface area contributed by atoms with Gasteiger partial charge in [0, 0.05) is 11.1 Å². The molecule has 21 heavy (non-hydrogen) atoms. The van der Waals surface area contributed by atoms with Gasteiger partial charge in [-0.15, -0.1) is 23.2 Å². The lowest BCUT2D eigenvalue weighted by atomic mass is 10.0. The van der Waals surface area contributed by atoms with Gasteiger partial charge in [-0.3, -0.25) is 0 Å². The van der Waals surface area contributed by atoms with Crippen LogP contribution in [0.3, 0.4) is 0 Å². The van der Waals surface area contributed by atoms with E-state index in [1.54, 1.807) is 7.11 Å². The first-order chi connectivity index (χ1) is 10.2. The Labute approximate surface area is 138 Å². The second-order valence-electron chi connectivity index (χ2n) is 5.27. The number of hydrogen-bond acceptors (Lipinski definition) is 2. The van der Waals surface area contributed by atoms with Gasteiger partial charge in [-0.2, -0.15) is 0 Å². The summed E-state index contributed by atoms with van der Waals surface area (Å²) >= 11 is 12.0. The van der Waals surface area contributed by atoms with Crippen molar-refractivity contribution in [2.75, 3.05) is 13.7 Å². The minimum atomic E-state index is 0.398. The highest BCUT2D eigenvalue weighted by molar-refractivity contribution is 6.18. The van der Waals surface area contributed by atoms with Gasteiger partial charge in [0.25, 0.3) is 0 Å². The van der Waals surface area contributed by atoms with E-state index < -0.39 is 0 Å². The fourth-order valence-electron chi connectivity index (χ4n) is 2.28. The fraction of sp³-hybridized carbons (Fsp3) is 0.647. The van der Waals surface area contributed by atoms with E-state index in [-0.39, 0.29) is 0 Å². The van der Waals surface area contributed by atoms with Gasteiger partial charge in [0.15, 0.2) is 0 Å². The molecule has 0 heterocycles. The molecule has 2 nitrogen and oxygen atoms in total. The lowest BCUT2D eigenvalue weighted by Gasteiger charge is -2.18. The predicted octanol–water partition coefficient (Wildman–Crippen LogP) is 5.77. The topological polar surface area (TPSA) is 18.5 Å². The summed E-state index contributed by atoms with van der Waals surface area (Å²) in [5, 5.41) is 0. The Morgan fingerprint density at radius 2 is 1.67 bits per heavy atom. The Balaban J connectivity index is 2.81. The van der Waals surface area contributed by atoms with Crippen LogP contribution in [-0.2, 0) is 11.8 Å². The zero-order valence-electron chi connectivity index (χ0n) is 13.3. The third-order valence-electron chi connectivity index (χ3n) is 3.77. The summed E-state index contributed by atoms with van der Waals surface area (Å²) in [6.45, 7) is 5.16. The number of halogens is 2. The Bertz CT molecular complexity index is 421. The third kappa shape index (κ3) is 5.60. The molecule has 0 saturated heterocycles. The van der Waals surface area contributed by atoms with E-state index in [1.165, 1.54) is 19.3 Å². The Hall–Kier alpha value is -0.600. The van der Waals surface area contributed by atoms with Crippen LogP contribution in [0.15, 0.2) is 12.1 Å². The Morgan fingerprint density at radius 1 is 1.05 bits per heavy atom. The molecule has 0 aromatic heterocycles. The molecule has 0 spiro atoms. The van der Waals surface area contributed by atoms with Crippen molar-refractivity contribution in [3.63, 3.8) is 0 Å². The van der Waals surface area contributed by atoms with Crippen LogP contribution in [0.4, 0.5) is 0 Å². The maximum atomic E-state index is 6.02. The first-order valence-electron chi connectivity index (χ1n) is 7.64. The molecule has 0 amide bonds. The molecular weight excluding hydrogens is 307 g/mol. The molecule has 4 heteroatoms. The van der Waals surface area contributed by atoms with Crippen LogP contribution in [-0.4, -0.2) is 13.7 Å². The molecule has 1 aromatic carbocycles. The van der Waals surface area contributed by atoms with Crippen molar-refractivity contribution in [2.24, 2.45) is 5.92 Å². The average molecular weight is 333 g/mol. The Kier molecular flexibility index (Phi) is 8.94. The molecule has 0 saturated carbocycles. The highest BCUT2D eigenvalue weighted by Crippen LogP contribution is 2.31. The van der Waals surface area contributed by atoms with Gasteiger partial charge in [-0.25, -0.2) is 0 Å². The SMILES string of the molecule is CCCCC(CC)COc1cc(CCl)c(OC)cc1CCl. The van der Waals surface area contributed by atoms with Gasteiger partial charge in [-0.1, -0.05) is 33.1 Å². The smallest absolute Gasteiger partial charge is 0.124 e. The standard InChI is InChI=1S/C17H26Cl2O2/c1-4-6-7-13(5-2)12-21-17-9-14(10-18)16(20-3)8-15(17)11-19/h8-9,13H,4-7,10-12H2,1-3H3. The number of unbranched alkanes of at least 4 members (excludes halogenated alkanes) is 1. The van der Waals surface area contributed by atoms with Crippen molar-refractivity contribution in [3.8, 4) is 11.5 Å². The summed E-state index contributed by atoms with van der Waals surface area (Å²) in [6.07, 6.45) is 4.82. The van der Waals surface area contributed by atoms with Crippen LogP contribution >= 0.6 is 23.2 Å². The van der Waals surface area contributed by atoms with E-state index in [0.717, 1.165) is 35.7 Å². The van der Waals surface area contributed by atoms with E-state index in [4.69, 9.17) is 32.7 Å². The van der Waals surface area contributed by atoms with Gasteiger partial charge in [0.2, 0.25) is 0 Å². The first-order valence-corrected chi connectivity index (χ1v) is 8.71. The highest BCUT2D eigenvalue weighted by atomic mass is 35.5. The molecule has 1 unspecified atom stereocenters. The number of benzene rings is 1. The summed E-state index contributed by atoms with van der Waals surface area (Å²) in [6, 6.07) is 3.88. The van der Waals surface area contributed by atoms with E-state index in [1.807, 2.05) is 12.1 Å². The van der Waals surface area contributed by atoms with Gasteiger partial charge in [0.1, 0.15) is 11.5 Å². The first kappa shape index (κ1) is 18.4. The fourth-order valence-corrected chi connectivity index (χ4v) is 2.70. The predicted molar refractivity (Wildman–Crippen MR) is 90.9 cm³/mol. The quantitative estimate of drug-likeness (QED) is 0.506. The number of alkyl halides is 2. The maximum Gasteiger partial charge on any atom is 0.124 e. The van der Waals surface area contributed by atoms with Crippen LogP contribution in [0.25, 0.3) is 0 Å². The molecule has 0 radical (unpaired) electrons. The molecule has 0 aliphatic rings. The lowest BCUT2D eigenvalue weighted by molar-refractivity contribution is 0.231. The molecule has 1 atom stereocenters. The zero-order valence-corrected chi connectivity index (χ0v) is 14.8. The molecule has 1 aromatic rings. The molecule has 0 bridgehead atoms. The van der Waals surface area contributed by atoms with Crippen molar-refractivity contribution in [3.05, 3.63) is 23.3 Å². The summed E-state index contributed by atoms with van der Waals surface area (Å²) < 4.78 is 11.4. The molecule has 0 aliphatic carbocycles. The number of methoxy groups -OCH3 is 1. The molecule has 0 N–H and O–H groups in total. The number of rotatable bonds is 10. The normalized spacial score (nSPS) is 12.2. The summed E-state index contributed by atoms with van der Waals surface area (Å²) in [4.78, 5) is 0. The lowest BCUT2D eigenvalue weighted by Crippen LogP contribution is -2.12. The van der Waals surface area contributed by atoms with Crippen LogP contribution in [0.5, 0.6) is 11.5 Å². The molecule has 120 valence electrons. The third-order valence-corrected chi connectivity index (χ3v) is 4.35. The monoisotopic (exact) mass is 332 g/mol. The van der Waals surface area contributed by atoms with Gasteiger partial charge < -0.3 is 9.47 Å². The molecule has 1 rings (SSSR count). The van der Waals surface area contributed by atoms with Crippen LogP contribution in [0, 0.1) is 5.92 Å². The van der Waals surface area contributed by atoms with Crippen LogP contribution in [0.2, 0.25) is 0 Å². The summed E-state index contributed by atoms with van der Waals surface area (Å²) in [7, 11) is 1.64. The Morgan fingerprint density at radius 3 is 2.19 bits per heavy atom. The van der Waals surface area contributed by atoms with Gasteiger partial charge in [-0.05, 0) is 24.5 Å². The van der Waals surface area contributed by atoms with Crippen molar-refractivity contribution in [2.45, 2.75) is 51.3 Å². The minimum absolute atomic E-state index is 0.398. The molecular formula is C17H26Cl2O2. The van der Waals surface area contributed by atoms with Crippen LogP contribution < -0.4 is 9.47 Å². The number of ether oxygens (including phenoxy) is 2. The minimum Gasteiger partial charge on any atom is -0.496 e. The largest absolute Gasteiger partial charge is 0.496 e. The van der Waals surface area contributed by atoms with Gasteiger partial charge in [0.05, 0.1) is 25.5 Å². The van der Waals surface area contributed by atoms with Crippen molar-refractivity contribution in [1.29, 1.82) is 0 Å². The maximum absolute atomic E-state index is 6.02. The second kappa shape index (κ2) is 10.2.